The van der Waals surface area contributed by atoms with Crippen molar-refractivity contribution in [2.75, 3.05) is 18.5 Å². The molecule has 0 spiro atoms. The number of allylic oxidation sites excluding steroid dienone is 4. The van der Waals surface area contributed by atoms with Gasteiger partial charge in [-0.2, -0.15) is 0 Å². The molecule has 7 aromatic rings. The lowest BCUT2D eigenvalue weighted by Crippen LogP contribution is -2.16. The number of hydrogen-bond acceptors (Lipinski definition) is 1. The van der Waals surface area contributed by atoms with Crippen molar-refractivity contribution in [2.45, 2.75) is 0 Å². The zero-order chi connectivity index (χ0) is 28.5. The third-order valence-electron chi connectivity index (χ3n) is 8.17. The summed E-state index contributed by atoms with van der Waals surface area (Å²) in [7, 11) is 2.13. The van der Waals surface area contributed by atoms with Crippen LogP contribution in [-0.2, 0) is 0 Å². The third-order valence-corrected chi connectivity index (χ3v) is 8.17. The van der Waals surface area contributed by atoms with Crippen LogP contribution in [-0.4, -0.2) is 18.2 Å². The first-order chi connectivity index (χ1) is 20.7. The fourth-order valence-corrected chi connectivity index (χ4v) is 6.10. The van der Waals surface area contributed by atoms with Crippen LogP contribution >= 0.6 is 0 Å². The van der Waals surface area contributed by atoms with Crippen LogP contribution in [0, 0.1) is 0 Å². The summed E-state index contributed by atoms with van der Waals surface area (Å²) in [6.45, 7) is 4.55. The SMILES string of the molecule is C=C/C=C\C=C/CN(C)c1ccc(-c2cccc3c2c2c4ccccc4ccc2n3-c2ccc3ccccc3c2)cc1. The van der Waals surface area contributed by atoms with Crippen molar-refractivity contribution in [3.63, 3.8) is 0 Å². The lowest BCUT2D eigenvalue weighted by Gasteiger charge is -2.17. The predicted octanol–water partition coefficient (Wildman–Crippen LogP) is 10.5. The molecule has 0 amide bonds. The molecule has 0 saturated heterocycles. The molecule has 0 bridgehead atoms. The second-order valence-corrected chi connectivity index (χ2v) is 10.7. The maximum Gasteiger partial charge on any atom is 0.0547 e. The van der Waals surface area contributed by atoms with Crippen LogP contribution in [0.3, 0.4) is 0 Å². The minimum Gasteiger partial charge on any atom is -0.371 e. The Morgan fingerprint density at radius 3 is 2.21 bits per heavy atom. The lowest BCUT2D eigenvalue weighted by molar-refractivity contribution is 1.03. The van der Waals surface area contributed by atoms with E-state index in [2.05, 4.69) is 157 Å². The maximum atomic E-state index is 3.72. The topological polar surface area (TPSA) is 8.17 Å². The Balaban J connectivity index is 1.41. The van der Waals surface area contributed by atoms with E-state index in [0.717, 1.165) is 6.54 Å². The molecular weight excluding hydrogens is 508 g/mol. The largest absolute Gasteiger partial charge is 0.371 e. The highest BCUT2D eigenvalue weighted by atomic mass is 15.1. The number of fused-ring (bicyclic) bond motifs is 6. The van der Waals surface area contributed by atoms with Gasteiger partial charge in [-0.3, -0.25) is 0 Å². The minimum atomic E-state index is 0.835. The number of anilines is 1. The van der Waals surface area contributed by atoms with Gasteiger partial charge in [0.2, 0.25) is 0 Å². The zero-order valence-corrected chi connectivity index (χ0v) is 23.7. The van der Waals surface area contributed by atoms with Gasteiger partial charge in [0.25, 0.3) is 0 Å². The first-order valence-corrected chi connectivity index (χ1v) is 14.4. The summed E-state index contributed by atoms with van der Waals surface area (Å²) in [6, 6.07) is 44.3. The molecule has 202 valence electrons. The van der Waals surface area contributed by atoms with E-state index >= 15 is 0 Å². The van der Waals surface area contributed by atoms with Crippen LogP contribution in [0.5, 0.6) is 0 Å². The monoisotopic (exact) mass is 540 g/mol. The van der Waals surface area contributed by atoms with Crippen LogP contribution in [0.4, 0.5) is 5.69 Å². The Kier molecular flexibility index (Phi) is 6.65. The number of benzene rings is 6. The lowest BCUT2D eigenvalue weighted by atomic mass is 9.96. The van der Waals surface area contributed by atoms with Gasteiger partial charge in [0.15, 0.2) is 0 Å². The van der Waals surface area contributed by atoms with E-state index in [1.165, 1.54) is 65.9 Å². The van der Waals surface area contributed by atoms with E-state index in [1.807, 2.05) is 12.2 Å². The molecule has 0 fully saturated rings. The standard InChI is InChI=1S/C40H32N2/c1-3-4-5-6-11-27-41(2)33-23-20-31(21-24-33)36-17-12-18-37-39(36)40-35-16-10-9-14-30(35)22-26-38(40)42(37)34-25-19-29-13-7-8-15-32(29)28-34/h3-26,28H,1,27H2,2H3/b5-4-,11-6-. The van der Waals surface area contributed by atoms with Crippen molar-refractivity contribution in [3.8, 4) is 16.8 Å². The fraction of sp³-hybridized carbons (Fsp3) is 0.0500. The van der Waals surface area contributed by atoms with Gasteiger partial charge in [0.05, 0.1) is 11.0 Å². The summed E-state index contributed by atoms with van der Waals surface area (Å²) in [6.07, 6.45) is 9.94. The molecule has 7 rings (SSSR count). The number of rotatable bonds is 7. The average Bonchev–Trinajstić information content (AvgIpc) is 3.39. The van der Waals surface area contributed by atoms with Gasteiger partial charge in [-0.05, 0) is 69.1 Å². The Bertz CT molecular complexity index is 2140. The smallest absolute Gasteiger partial charge is 0.0547 e. The number of nitrogens with zero attached hydrogens (tertiary/aromatic N) is 2. The van der Waals surface area contributed by atoms with Crippen molar-refractivity contribution >= 4 is 49.0 Å². The molecule has 0 N–H and O–H groups in total. The molecule has 0 saturated carbocycles. The Morgan fingerprint density at radius 1 is 0.643 bits per heavy atom. The van der Waals surface area contributed by atoms with Crippen molar-refractivity contribution in [1.82, 2.24) is 4.57 Å². The highest BCUT2D eigenvalue weighted by Crippen LogP contribution is 2.42. The van der Waals surface area contributed by atoms with E-state index in [4.69, 9.17) is 0 Å². The van der Waals surface area contributed by atoms with Gasteiger partial charge < -0.3 is 9.47 Å². The number of likely N-dealkylation sites (N-methyl/N-ethyl adjacent to an activating group) is 1. The molecule has 2 nitrogen and oxygen atoms in total. The molecule has 0 aliphatic rings. The highest BCUT2D eigenvalue weighted by molar-refractivity contribution is 6.25. The van der Waals surface area contributed by atoms with E-state index in [0.29, 0.717) is 0 Å². The summed E-state index contributed by atoms with van der Waals surface area (Å²) in [5.74, 6) is 0. The van der Waals surface area contributed by atoms with Gasteiger partial charge in [0, 0.05) is 35.7 Å². The average molecular weight is 541 g/mol. The molecule has 42 heavy (non-hydrogen) atoms. The number of aromatic nitrogens is 1. The number of hydrogen-bond donors (Lipinski definition) is 0. The Hall–Kier alpha value is -5.34. The molecule has 1 aromatic heterocycles. The van der Waals surface area contributed by atoms with Gasteiger partial charge >= 0.3 is 0 Å². The summed E-state index contributed by atoms with van der Waals surface area (Å²) in [4.78, 5) is 2.25. The molecule has 2 heteroatoms. The summed E-state index contributed by atoms with van der Waals surface area (Å²) in [5.41, 5.74) is 7.26. The summed E-state index contributed by atoms with van der Waals surface area (Å²) < 4.78 is 2.43. The van der Waals surface area contributed by atoms with E-state index in [1.54, 1.807) is 6.08 Å². The van der Waals surface area contributed by atoms with E-state index < -0.39 is 0 Å². The molecule has 0 aliphatic heterocycles. The van der Waals surface area contributed by atoms with Crippen LogP contribution in [0.25, 0.3) is 60.2 Å². The molecule has 0 unspecified atom stereocenters. The Morgan fingerprint density at radius 2 is 1.38 bits per heavy atom. The molecule has 0 atom stereocenters. The molecule has 1 heterocycles. The maximum absolute atomic E-state index is 3.72. The van der Waals surface area contributed by atoms with Gasteiger partial charge in [-0.25, -0.2) is 0 Å². The zero-order valence-electron chi connectivity index (χ0n) is 23.7. The van der Waals surface area contributed by atoms with Gasteiger partial charge in [-0.15, -0.1) is 0 Å². The van der Waals surface area contributed by atoms with Crippen molar-refractivity contribution < 1.29 is 0 Å². The van der Waals surface area contributed by atoms with Crippen molar-refractivity contribution in [1.29, 1.82) is 0 Å². The van der Waals surface area contributed by atoms with Crippen LogP contribution < -0.4 is 4.90 Å². The van der Waals surface area contributed by atoms with Crippen LogP contribution in [0.15, 0.2) is 158 Å². The summed E-state index contributed by atoms with van der Waals surface area (Å²) >= 11 is 0. The predicted molar refractivity (Wildman–Crippen MR) is 183 cm³/mol. The van der Waals surface area contributed by atoms with Crippen LogP contribution in [0.1, 0.15) is 0 Å². The first-order valence-electron chi connectivity index (χ1n) is 14.4. The van der Waals surface area contributed by atoms with Crippen LogP contribution in [0.2, 0.25) is 0 Å². The van der Waals surface area contributed by atoms with E-state index in [-0.39, 0.29) is 0 Å². The Labute approximate surface area is 246 Å². The first kappa shape index (κ1) is 25.6. The molecule has 6 aromatic carbocycles. The minimum absolute atomic E-state index is 0.835. The second kappa shape index (κ2) is 10.9. The van der Waals surface area contributed by atoms with E-state index in [9.17, 15) is 0 Å². The fourth-order valence-electron chi connectivity index (χ4n) is 6.10. The van der Waals surface area contributed by atoms with Crippen molar-refractivity contribution in [2.24, 2.45) is 0 Å². The molecular formula is C40H32N2. The molecule has 0 aliphatic carbocycles. The quantitative estimate of drug-likeness (QED) is 0.183. The molecule has 0 radical (unpaired) electrons. The van der Waals surface area contributed by atoms with Gasteiger partial charge in [0.1, 0.15) is 0 Å². The second-order valence-electron chi connectivity index (χ2n) is 10.7. The third kappa shape index (κ3) is 4.48. The van der Waals surface area contributed by atoms with Gasteiger partial charge in [-0.1, -0.05) is 122 Å². The highest BCUT2D eigenvalue weighted by Gasteiger charge is 2.18. The normalized spacial score (nSPS) is 11.9. The summed E-state index contributed by atoms with van der Waals surface area (Å²) in [5, 5.41) is 7.61. The van der Waals surface area contributed by atoms with Crippen molar-refractivity contribution in [3.05, 3.63) is 158 Å².